The molecule has 1 saturated carbocycles. The van der Waals surface area contributed by atoms with Gasteiger partial charge in [-0.1, -0.05) is 23.7 Å². The molecule has 1 aliphatic carbocycles. The number of hydrogen-bond acceptors (Lipinski definition) is 3. The molecule has 3 rings (SSSR count). The van der Waals surface area contributed by atoms with Crippen LogP contribution in [0.2, 0.25) is 5.15 Å². The van der Waals surface area contributed by atoms with Crippen LogP contribution in [0.1, 0.15) is 49.0 Å². The molecule has 0 aromatic carbocycles. The summed E-state index contributed by atoms with van der Waals surface area (Å²) < 4.78 is 0. The minimum Gasteiger partial charge on any atom is -0.348 e. The van der Waals surface area contributed by atoms with Gasteiger partial charge in [-0.3, -0.25) is 9.59 Å². The number of rotatable bonds is 4. The highest BCUT2D eigenvalue weighted by atomic mass is 35.5. The molecule has 2 amide bonds. The van der Waals surface area contributed by atoms with Crippen LogP contribution in [0.5, 0.6) is 0 Å². The summed E-state index contributed by atoms with van der Waals surface area (Å²) in [5.74, 6) is 0.0319. The number of likely N-dealkylation sites (tertiary alicyclic amines) is 1. The normalized spacial score (nSPS) is 26.6. The summed E-state index contributed by atoms with van der Waals surface area (Å²) in [6, 6.07) is 5.14. The van der Waals surface area contributed by atoms with E-state index in [0.29, 0.717) is 23.8 Å². The fraction of sp³-hybridized carbons (Fsp3) is 0.500. The zero-order chi connectivity index (χ0) is 17.2. The highest BCUT2D eigenvalue weighted by molar-refractivity contribution is 6.29. The number of aromatic nitrogens is 1. The molecule has 0 bridgehead atoms. The Morgan fingerprint density at radius 3 is 2.83 bits per heavy atom. The molecule has 1 aromatic heterocycles. The molecule has 24 heavy (non-hydrogen) atoms. The predicted octanol–water partition coefficient (Wildman–Crippen LogP) is 2.95. The first kappa shape index (κ1) is 17.0. The molecule has 2 heterocycles. The first-order valence-electron chi connectivity index (χ1n) is 8.39. The fourth-order valence-electron chi connectivity index (χ4n) is 3.91. The molecule has 0 radical (unpaired) electrons. The Morgan fingerprint density at radius 2 is 2.17 bits per heavy atom. The van der Waals surface area contributed by atoms with E-state index in [1.54, 1.807) is 24.3 Å². The SMILES string of the molecule is C=CCN1C(=O)CCC12CCC(NC(=O)c1cccc(Cl)n1)CC2. The van der Waals surface area contributed by atoms with Gasteiger partial charge < -0.3 is 10.2 Å². The molecule has 128 valence electrons. The van der Waals surface area contributed by atoms with Gasteiger partial charge in [0, 0.05) is 24.5 Å². The van der Waals surface area contributed by atoms with Gasteiger partial charge in [-0.25, -0.2) is 4.98 Å². The topological polar surface area (TPSA) is 62.3 Å². The van der Waals surface area contributed by atoms with Crippen LogP contribution in [0.15, 0.2) is 30.9 Å². The zero-order valence-corrected chi connectivity index (χ0v) is 14.4. The molecule has 1 saturated heterocycles. The summed E-state index contributed by atoms with van der Waals surface area (Å²) in [4.78, 5) is 30.4. The largest absolute Gasteiger partial charge is 0.348 e. The Balaban J connectivity index is 1.60. The highest BCUT2D eigenvalue weighted by Crippen LogP contribution is 2.42. The zero-order valence-electron chi connectivity index (χ0n) is 13.6. The van der Waals surface area contributed by atoms with Gasteiger partial charge in [0.05, 0.1) is 0 Å². The van der Waals surface area contributed by atoms with Crippen molar-refractivity contribution in [1.29, 1.82) is 0 Å². The number of carbonyl (C=O) groups is 2. The lowest BCUT2D eigenvalue weighted by Crippen LogP contribution is -2.51. The van der Waals surface area contributed by atoms with Crippen molar-refractivity contribution in [3.05, 3.63) is 41.7 Å². The third-order valence-corrected chi connectivity index (χ3v) is 5.40. The van der Waals surface area contributed by atoms with E-state index in [4.69, 9.17) is 11.6 Å². The summed E-state index contributed by atoms with van der Waals surface area (Å²) in [5, 5.41) is 3.36. The molecule has 6 heteroatoms. The number of hydrogen-bond donors (Lipinski definition) is 1. The second-order valence-corrected chi connectivity index (χ2v) is 7.00. The number of carbonyl (C=O) groups excluding carboxylic acids is 2. The first-order valence-corrected chi connectivity index (χ1v) is 8.77. The molecule has 1 aliphatic heterocycles. The van der Waals surface area contributed by atoms with Crippen LogP contribution < -0.4 is 5.32 Å². The molecular weight excluding hydrogens is 326 g/mol. The molecule has 0 atom stereocenters. The molecule has 2 aliphatic rings. The van der Waals surface area contributed by atoms with Crippen LogP contribution >= 0.6 is 11.6 Å². The Hall–Kier alpha value is -1.88. The van der Waals surface area contributed by atoms with E-state index >= 15 is 0 Å². The van der Waals surface area contributed by atoms with Crippen molar-refractivity contribution < 1.29 is 9.59 Å². The van der Waals surface area contributed by atoms with Crippen molar-refractivity contribution in [2.75, 3.05) is 6.54 Å². The molecular formula is C18H22ClN3O2. The minimum atomic E-state index is -0.191. The fourth-order valence-corrected chi connectivity index (χ4v) is 4.08. The van der Waals surface area contributed by atoms with E-state index < -0.39 is 0 Å². The first-order chi connectivity index (χ1) is 11.5. The highest BCUT2D eigenvalue weighted by Gasteiger charge is 2.46. The van der Waals surface area contributed by atoms with Gasteiger partial charge in [-0.05, 0) is 44.2 Å². The van der Waals surface area contributed by atoms with E-state index in [9.17, 15) is 9.59 Å². The monoisotopic (exact) mass is 347 g/mol. The van der Waals surface area contributed by atoms with Crippen LogP contribution in [0.25, 0.3) is 0 Å². The van der Waals surface area contributed by atoms with Crippen molar-refractivity contribution in [2.24, 2.45) is 0 Å². The van der Waals surface area contributed by atoms with E-state index in [1.807, 2.05) is 4.90 Å². The Bertz CT molecular complexity index is 653. The average molecular weight is 348 g/mol. The quantitative estimate of drug-likeness (QED) is 0.672. The molecule has 1 aromatic rings. The number of pyridine rings is 1. The lowest BCUT2D eigenvalue weighted by Gasteiger charge is -2.43. The molecule has 5 nitrogen and oxygen atoms in total. The van der Waals surface area contributed by atoms with Gasteiger partial charge in [-0.15, -0.1) is 6.58 Å². The van der Waals surface area contributed by atoms with Gasteiger partial charge >= 0.3 is 0 Å². The summed E-state index contributed by atoms with van der Waals surface area (Å²) in [7, 11) is 0. The molecule has 0 unspecified atom stereocenters. The van der Waals surface area contributed by atoms with Gasteiger partial charge in [0.25, 0.3) is 5.91 Å². The second kappa shape index (κ2) is 6.93. The van der Waals surface area contributed by atoms with E-state index in [-0.39, 0.29) is 23.4 Å². The molecule has 2 fully saturated rings. The number of nitrogens with zero attached hydrogens (tertiary/aromatic N) is 2. The summed E-state index contributed by atoms with van der Waals surface area (Å²) >= 11 is 5.84. The Morgan fingerprint density at radius 1 is 1.42 bits per heavy atom. The molecule has 1 N–H and O–H groups in total. The van der Waals surface area contributed by atoms with E-state index in [2.05, 4.69) is 16.9 Å². The smallest absolute Gasteiger partial charge is 0.270 e. The summed E-state index contributed by atoms with van der Waals surface area (Å²) in [6.07, 6.45) is 6.90. The van der Waals surface area contributed by atoms with Gasteiger partial charge in [0.2, 0.25) is 5.91 Å². The van der Waals surface area contributed by atoms with Crippen molar-refractivity contribution in [2.45, 2.75) is 50.1 Å². The number of nitrogens with one attached hydrogen (secondary N) is 1. The summed E-state index contributed by atoms with van der Waals surface area (Å²) in [5.41, 5.74) is 0.299. The van der Waals surface area contributed by atoms with E-state index in [1.165, 1.54) is 0 Å². The van der Waals surface area contributed by atoms with Crippen LogP contribution in [0.3, 0.4) is 0 Å². The van der Waals surface area contributed by atoms with Crippen LogP contribution in [-0.4, -0.2) is 39.8 Å². The van der Waals surface area contributed by atoms with Crippen molar-refractivity contribution in [1.82, 2.24) is 15.2 Å². The lowest BCUT2D eigenvalue weighted by molar-refractivity contribution is -0.131. The maximum atomic E-state index is 12.3. The van der Waals surface area contributed by atoms with Gasteiger partial charge in [-0.2, -0.15) is 0 Å². The minimum absolute atomic E-state index is 0.0409. The Labute approximate surface area is 147 Å². The molecule has 1 spiro atoms. The maximum absolute atomic E-state index is 12.3. The van der Waals surface area contributed by atoms with Crippen LogP contribution in [-0.2, 0) is 4.79 Å². The van der Waals surface area contributed by atoms with E-state index in [0.717, 1.165) is 32.1 Å². The third kappa shape index (κ3) is 3.31. The van der Waals surface area contributed by atoms with Crippen LogP contribution in [0.4, 0.5) is 0 Å². The van der Waals surface area contributed by atoms with Gasteiger partial charge in [0.15, 0.2) is 0 Å². The standard InChI is InChI=1S/C18H22ClN3O2/c1-2-12-22-16(23)8-11-18(22)9-6-13(7-10-18)20-17(24)14-4-3-5-15(19)21-14/h2-5,13H,1,6-12H2,(H,20,24). The second-order valence-electron chi connectivity index (χ2n) is 6.61. The predicted molar refractivity (Wildman–Crippen MR) is 92.8 cm³/mol. The van der Waals surface area contributed by atoms with Gasteiger partial charge in [0.1, 0.15) is 10.8 Å². The average Bonchev–Trinajstić information content (AvgIpc) is 2.87. The van der Waals surface area contributed by atoms with Crippen LogP contribution in [0, 0.1) is 0 Å². The lowest BCUT2D eigenvalue weighted by atomic mass is 9.77. The van der Waals surface area contributed by atoms with Crippen molar-refractivity contribution >= 4 is 23.4 Å². The third-order valence-electron chi connectivity index (χ3n) is 5.19. The summed E-state index contributed by atoms with van der Waals surface area (Å²) in [6.45, 7) is 4.38. The number of halogens is 1. The Kier molecular flexibility index (Phi) is 4.90. The maximum Gasteiger partial charge on any atom is 0.270 e. The number of amides is 2. The van der Waals surface area contributed by atoms with Crippen molar-refractivity contribution in [3.63, 3.8) is 0 Å². The van der Waals surface area contributed by atoms with Crippen molar-refractivity contribution in [3.8, 4) is 0 Å².